The summed E-state index contributed by atoms with van der Waals surface area (Å²) < 4.78 is 6.33. The van der Waals surface area contributed by atoms with Crippen molar-refractivity contribution in [3.05, 3.63) is 107 Å². The third kappa shape index (κ3) is 5.12. The van der Waals surface area contributed by atoms with Gasteiger partial charge in [0, 0.05) is 35.4 Å². The van der Waals surface area contributed by atoms with Gasteiger partial charge in [-0.15, -0.1) is 0 Å². The number of carbonyl (C=O) groups is 1. The first-order chi connectivity index (χ1) is 17.5. The number of nitrogens with zero attached hydrogens (tertiary/aromatic N) is 2. The average Bonchev–Trinajstić information content (AvgIpc) is 3.50. The molecule has 1 aliphatic rings. The minimum Gasteiger partial charge on any atom is -0.459 e. The third-order valence-corrected chi connectivity index (χ3v) is 6.85. The van der Waals surface area contributed by atoms with E-state index in [4.69, 9.17) is 28.2 Å². The first-order valence-electron chi connectivity index (χ1n) is 11.7. The molecule has 1 saturated heterocycles. The smallest absolute Gasteiger partial charge is 0.226 e. The van der Waals surface area contributed by atoms with Crippen LogP contribution in [0.2, 0.25) is 5.02 Å². The lowest BCUT2D eigenvalue weighted by Crippen LogP contribution is -2.32. The Balaban J connectivity index is 1.40. The van der Waals surface area contributed by atoms with E-state index in [0.29, 0.717) is 16.7 Å². The molecule has 1 aliphatic heterocycles. The number of nitrogens with one attached hydrogen (secondary N) is 2. The molecule has 0 spiro atoms. The molecule has 0 bridgehead atoms. The van der Waals surface area contributed by atoms with Gasteiger partial charge in [-0.25, -0.2) is 0 Å². The Bertz CT molecular complexity index is 1370. The number of hydrogen-bond acceptors (Lipinski definition) is 4. The summed E-state index contributed by atoms with van der Waals surface area (Å²) in [5.74, 6) is 1.40. The van der Waals surface area contributed by atoms with Gasteiger partial charge in [-0.2, -0.15) is 0 Å². The summed E-state index contributed by atoms with van der Waals surface area (Å²) >= 11 is 11.8. The molecule has 5 rings (SSSR count). The number of pyridine rings is 1. The van der Waals surface area contributed by atoms with Crippen molar-refractivity contribution in [1.29, 1.82) is 0 Å². The number of aryl methyl sites for hydroxylation is 1. The fraction of sp³-hybridized carbons (Fsp3) is 0.179. The first kappa shape index (κ1) is 24.0. The highest BCUT2D eigenvalue weighted by Crippen LogP contribution is 2.40. The Labute approximate surface area is 220 Å². The number of para-hydroxylation sites is 1. The molecule has 0 radical (unpaired) electrons. The lowest BCUT2D eigenvalue weighted by Gasteiger charge is -2.26. The molecule has 1 amide bonds. The van der Waals surface area contributed by atoms with Crippen LogP contribution in [0.25, 0.3) is 11.3 Å². The molecule has 0 saturated carbocycles. The van der Waals surface area contributed by atoms with Gasteiger partial charge in [0.2, 0.25) is 5.91 Å². The molecular formula is C28H25ClN4O2S. The molecule has 2 aromatic heterocycles. The highest BCUT2D eigenvalue weighted by molar-refractivity contribution is 7.80. The van der Waals surface area contributed by atoms with Crippen LogP contribution in [0, 0.1) is 6.92 Å². The summed E-state index contributed by atoms with van der Waals surface area (Å²) in [7, 11) is 0. The van der Waals surface area contributed by atoms with Crippen molar-refractivity contribution in [2.24, 2.45) is 0 Å². The largest absolute Gasteiger partial charge is 0.459 e. The van der Waals surface area contributed by atoms with E-state index >= 15 is 0 Å². The lowest BCUT2D eigenvalue weighted by molar-refractivity contribution is -0.116. The number of benzene rings is 2. The van der Waals surface area contributed by atoms with Crippen molar-refractivity contribution in [3.8, 4) is 11.3 Å². The number of aromatic nitrogens is 1. The number of amides is 1. The molecule has 3 heterocycles. The zero-order chi connectivity index (χ0) is 25.1. The van der Waals surface area contributed by atoms with Crippen molar-refractivity contribution in [1.82, 2.24) is 15.2 Å². The van der Waals surface area contributed by atoms with Gasteiger partial charge in [0.15, 0.2) is 5.11 Å². The second kappa shape index (κ2) is 10.5. The Hall–Kier alpha value is -3.68. The number of thiocarbonyl (C=S) groups is 1. The third-order valence-electron chi connectivity index (χ3n) is 6.24. The molecule has 0 aliphatic carbocycles. The minimum atomic E-state index is -0.264. The molecule has 6 nitrogen and oxygen atoms in total. The van der Waals surface area contributed by atoms with Crippen LogP contribution < -0.4 is 10.6 Å². The van der Waals surface area contributed by atoms with Gasteiger partial charge in [0.05, 0.1) is 11.7 Å². The number of halogens is 1. The van der Waals surface area contributed by atoms with Gasteiger partial charge in [0.25, 0.3) is 0 Å². The maximum atomic E-state index is 12.8. The fourth-order valence-electron chi connectivity index (χ4n) is 4.38. The topological polar surface area (TPSA) is 70.4 Å². The molecule has 2 N–H and O–H groups in total. The second-order valence-corrected chi connectivity index (χ2v) is 9.47. The van der Waals surface area contributed by atoms with Crippen LogP contribution in [0.15, 0.2) is 89.5 Å². The van der Waals surface area contributed by atoms with Crippen molar-refractivity contribution < 1.29 is 9.21 Å². The summed E-state index contributed by atoms with van der Waals surface area (Å²) in [5, 5.41) is 7.62. The normalized spacial score (nSPS) is 17.2. The average molecular weight is 517 g/mol. The molecule has 182 valence electrons. The molecule has 4 aromatic rings. The maximum Gasteiger partial charge on any atom is 0.226 e. The van der Waals surface area contributed by atoms with E-state index in [1.165, 1.54) is 0 Å². The van der Waals surface area contributed by atoms with Crippen molar-refractivity contribution in [2.45, 2.75) is 25.4 Å². The number of furan rings is 1. The van der Waals surface area contributed by atoms with E-state index in [1.54, 1.807) is 6.20 Å². The van der Waals surface area contributed by atoms with Crippen LogP contribution in [-0.2, 0) is 4.79 Å². The van der Waals surface area contributed by atoms with Crippen LogP contribution in [0.4, 0.5) is 5.69 Å². The SMILES string of the molecule is Cc1ccccc1NC(=O)CCN1C(=S)N[C@H](c2ccccn2)[C@H]1c1ccc(-c2ccc(Cl)cc2)o1. The van der Waals surface area contributed by atoms with E-state index in [9.17, 15) is 4.79 Å². The van der Waals surface area contributed by atoms with Crippen LogP contribution in [0.5, 0.6) is 0 Å². The summed E-state index contributed by atoms with van der Waals surface area (Å²) in [6.07, 6.45) is 2.03. The molecular weight excluding hydrogens is 492 g/mol. The summed E-state index contributed by atoms with van der Waals surface area (Å²) in [6, 6.07) is 24.4. The predicted octanol–water partition coefficient (Wildman–Crippen LogP) is 6.30. The Morgan fingerprint density at radius 3 is 2.61 bits per heavy atom. The standard InChI is InChI=1S/C28H25ClN4O2S/c1-18-6-2-3-7-21(18)31-25(34)15-17-33-27(26(32-28(33)36)22-8-4-5-16-30-22)24-14-13-23(35-24)19-9-11-20(29)12-10-19/h2-14,16,26-27H,15,17H2,1H3,(H,31,34)(H,32,36)/t26-,27-/m1/s1. The number of rotatable bonds is 7. The zero-order valence-corrected chi connectivity index (χ0v) is 21.2. The van der Waals surface area contributed by atoms with Crippen LogP contribution in [0.1, 0.15) is 35.5 Å². The Morgan fingerprint density at radius 2 is 1.86 bits per heavy atom. The second-order valence-electron chi connectivity index (χ2n) is 8.64. The van der Waals surface area contributed by atoms with E-state index in [2.05, 4.69) is 15.6 Å². The molecule has 0 unspecified atom stereocenters. The molecule has 2 atom stereocenters. The lowest BCUT2D eigenvalue weighted by atomic mass is 10.0. The minimum absolute atomic E-state index is 0.0755. The van der Waals surface area contributed by atoms with Gasteiger partial charge in [-0.05, 0) is 79.3 Å². The molecule has 36 heavy (non-hydrogen) atoms. The quantitative estimate of drug-likeness (QED) is 0.281. The van der Waals surface area contributed by atoms with Crippen molar-refractivity contribution >= 4 is 40.5 Å². The van der Waals surface area contributed by atoms with Gasteiger partial charge < -0.3 is 20.0 Å². The van der Waals surface area contributed by atoms with E-state index in [0.717, 1.165) is 34.0 Å². The van der Waals surface area contributed by atoms with Crippen molar-refractivity contribution in [2.75, 3.05) is 11.9 Å². The highest BCUT2D eigenvalue weighted by atomic mass is 35.5. The van der Waals surface area contributed by atoms with E-state index in [1.807, 2.05) is 90.7 Å². The predicted molar refractivity (Wildman–Crippen MR) is 146 cm³/mol. The maximum absolute atomic E-state index is 12.8. The van der Waals surface area contributed by atoms with E-state index in [-0.39, 0.29) is 24.4 Å². The Kier molecular flexibility index (Phi) is 7.02. The first-order valence-corrected chi connectivity index (χ1v) is 12.5. The van der Waals surface area contributed by atoms with Crippen molar-refractivity contribution in [3.63, 3.8) is 0 Å². The van der Waals surface area contributed by atoms with Crippen LogP contribution >= 0.6 is 23.8 Å². The Morgan fingerprint density at radius 1 is 1.08 bits per heavy atom. The zero-order valence-electron chi connectivity index (χ0n) is 19.6. The van der Waals surface area contributed by atoms with Crippen LogP contribution in [-0.4, -0.2) is 27.4 Å². The summed E-state index contributed by atoms with van der Waals surface area (Å²) in [5.41, 5.74) is 3.60. The summed E-state index contributed by atoms with van der Waals surface area (Å²) in [4.78, 5) is 19.4. The molecule has 2 aromatic carbocycles. The summed E-state index contributed by atoms with van der Waals surface area (Å²) in [6.45, 7) is 2.40. The monoisotopic (exact) mass is 516 g/mol. The number of carbonyl (C=O) groups excluding carboxylic acids is 1. The molecule has 8 heteroatoms. The van der Waals surface area contributed by atoms with Crippen LogP contribution in [0.3, 0.4) is 0 Å². The van der Waals surface area contributed by atoms with Gasteiger partial charge in [-0.1, -0.05) is 35.9 Å². The molecule has 1 fully saturated rings. The fourth-order valence-corrected chi connectivity index (χ4v) is 4.84. The number of hydrogen-bond donors (Lipinski definition) is 2. The van der Waals surface area contributed by atoms with Gasteiger partial charge in [0.1, 0.15) is 17.6 Å². The van der Waals surface area contributed by atoms with E-state index < -0.39 is 0 Å². The van der Waals surface area contributed by atoms with Gasteiger partial charge >= 0.3 is 0 Å². The highest BCUT2D eigenvalue weighted by Gasteiger charge is 2.41. The van der Waals surface area contributed by atoms with Gasteiger partial charge in [-0.3, -0.25) is 9.78 Å². The number of anilines is 1.